The van der Waals surface area contributed by atoms with Crippen LogP contribution in [0.2, 0.25) is 0 Å². The van der Waals surface area contributed by atoms with Crippen LogP contribution in [0.4, 0.5) is 5.69 Å². The first-order valence-electron chi connectivity index (χ1n) is 7.76. The third kappa shape index (κ3) is 3.72. The minimum Gasteiger partial charge on any atom is -0.493 e. The maximum atomic E-state index is 12.8. The molecule has 1 atom stereocenters. The van der Waals surface area contributed by atoms with Crippen molar-refractivity contribution in [1.29, 1.82) is 0 Å². The lowest BCUT2D eigenvalue weighted by Crippen LogP contribution is -2.39. The summed E-state index contributed by atoms with van der Waals surface area (Å²) in [5.41, 5.74) is -0.207. The number of benzene rings is 1. The van der Waals surface area contributed by atoms with Gasteiger partial charge in [0.25, 0.3) is 11.6 Å². The van der Waals surface area contributed by atoms with Gasteiger partial charge in [0, 0.05) is 19.2 Å². The summed E-state index contributed by atoms with van der Waals surface area (Å²) in [7, 11) is 1.41. The molecule has 1 aliphatic heterocycles. The normalized spacial score (nSPS) is 17.7. The van der Waals surface area contributed by atoms with Gasteiger partial charge in [-0.2, -0.15) is 0 Å². The Kier molecular flexibility index (Phi) is 5.41. The Labute approximate surface area is 135 Å². The van der Waals surface area contributed by atoms with E-state index in [9.17, 15) is 14.9 Å². The van der Waals surface area contributed by atoms with Crippen LogP contribution >= 0.6 is 0 Å². The number of carbonyl (C=O) groups is 1. The van der Waals surface area contributed by atoms with E-state index in [0.717, 1.165) is 12.8 Å². The van der Waals surface area contributed by atoms with Crippen LogP contribution in [0.1, 0.15) is 37.0 Å². The third-order valence-electron chi connectivity index (χ3n) is 3.95. The van der Waals surface area contributed by atoms with E-state index in [2.05, 4.69) is 6.92 Å². The van der Waals surface area contributed by atoms with Gasteiger partial charge < -0.3 is 14.4 Å². The average Bonchev–Trinajstić information content (AvgIpc) is 2.53. The van der Waals surface area contributed by atoms with Crippen LogP contribution in [0.3, 0.4) is 0 Å². The number of likely N-dealkylation sites (tertiary alicyclic amines) is 1. The molecule has 1 amide bonds. The smallest absolute Gasteiger partial charge is 0.286 e. The zero-order chi connectivity index (χ0) is 17.0. The van der Waals surface area contributed by atoms with E-state index in [1.165, 1.54) is 19.2 Å². The first-order chi connectivity index (χ1) is 11.0. The summed E-state index contributed by atoms with van der Waals surface area (Å²) in [6.45, 7) is 5.49. The lowest BCUT2D eigenvalue weighted by atomic mass is 9.99. The van der Waals surface area contributed by atoms with Gasteiger partial charge in [-0.1, -0.05) is 6.92 Å². The van der Waals surface area contributed by atoms with Crippen LogP contribution in [-0.4, -0.2) is 42.5 Å². The first kappa shape index (κ1) is 17.1. The molecule has 2 rings (SSSR count). The molecule has 1 aliphatic rings. The molecule has 1 aromatic carbocycles. The van der Waals surface area contributed by atoms with Crippen LogP contribution in [0.25, 0.3) is 0 Å². The zero-order valence-electron chi connectivity index (χ0n) is 13.7. The standard InChI is InChI=1S/C16H22N2O5/c1-4-23-15-8-12(13(18(20)21)9-14(15)22-3)16(19)17-7-5-6-11(2)10-17/h8-9,11H,4-7,10H2,1-3H3. The molecule has 7 nitrogen and oxygen atoms in total. The van der Waals surface area contributed by atoms with Gasteiger partial charge in [0.05, 0.1) is 24.7 Å². The van der Waals surface area contributed by atoms with Crippen molar-refractivity contribution >= 4 is 11.6 Å². The largest absolute Gasteiger partial charge is 0.493 e. The average molecular weight is 322 g/mol. The summed E-state index contributed by atoms with van der Waals surface area (Å²) in [6, 6.07) is 2.67. The number of ether oxygens (including phenoxy) is 2. The summed E-state index contributed by atoms with van der Waals surface area (Å²) >= 11 is 0. The number of amides is 1. The van der Waals surface area contributed by atoms with Gasteiger partial charge in [-0.3, -0.25) is 14.9 Å². The Morgan fingerprint density at radius 1 is 1.43 bits per heavy atom. The van der Waals surface area contributed by atoms with Gasteiger partial charge in [-0.15, -0.1) is 0 Å². The van der Waals surface area contributed by atoms with Gasteiger partial charge in [-0.25, -0.2) is 0 Å². The van der Waals surface area contributed by atoms with Crippen molar-refractivity contribution in [1.82, 2.24) is 4.90 Å². The van der Waals surface area contributed by atoms with Gasteiger partial charge in [0.15, 0.2) is 11.5 Å². The molecule has 1 saturated heterocycles. The molecule has 0 aromatic heterocycles. The summed E-state index contributed by atoms with van der Waals surface area (Å²) in [4.78, 5) is 25.2. The van der Waals surface area contributed by atoms with Crippen molar-refractivity contribution in [2.24, 2.45) is 5.92 Å². The summed E-state index contributed by atoms with van der Waals surface area (Å²) < 4.78 is 10.6. The second kappa shape index (κ2) is 7.30. The van der Waals surface area contributed by atoms with Crippen molar-refractivity contribution in [3.63, 3.8) is 0 Å². The minimum atomic E-state index is -0.557. The minimum absolute atomic E-state index is 0.0494. The zero-order valence-corrected chi connectivity index (χ0v) is 13.7. The van der Waals surface area contributed by atoms with Crippen molar-refractivity contribution < 1.29 is 19.2 Å². The summed E-state index contributed by atoms with van der Waals surface area (Å²) in [5, 5.41) is 11.3. The van der Waals surface area contributed by atoms with Crippen LogP contribution in [0.15, 0.2) is 12.1 Å². The number of nitro benzene ring substituents is 1. The molecule has 0 radical (unpaired) electrons. The maximum Gasteiger partial charge on any atom is 0.286 e. The number of hydrogen-bond acceptors (Lipinski definition) is 5. The molecule has 1 aromatic rings. The van der Waals surface area contributed by atoms with Gasteiger partial charge >= 0.3 is 0 Å². The van der Waals surface area contributed by atoms with Crippen LogP contribution in [0, 0.1) is 16.0 Å². The van der Waals surface area contributed by atoms with E-state index in [1.807, 2.05) is 0 Å². The van der Waals surface area contributed by atoms with Crippen molar-refractivity contribution in [3.05, 3.63) is 27.8 Å². The maximum absolute atomic E-state index is 12.8. The molecule has 0 saturated carbocycles. The number of nitrogens with zero attached hydrogens (tertiary/aromatic N) is 2. The molecule has 1 fully saturated rings. The quantitative estimate of drug-likeness (QED) is 0.615. The van der Waals surface area contributed by atoms with E-state index in [0.29, 0.717) is 31.4 Å². The molecular formula is C16H22N2O5. The van der Waals surface area contributed by atoms with E-state index < -0.39 is 4.92 Å². The highest BCUT2D eigenvalue weighted by atomic mass is 16.6. The summed E-state index contributed by atoms with van der Waals surface area (Å²) in [5.74, 6) is 0.666. The molecule has 0 N–H and O–H groups in total. The first-order valence-corrected chi connectivity index (χ1v) is 7.76. The second-order valence-corrected chi connectivity index (χ2v) is 5.71. The predicted molar refractivity (Wildman–Crippen MR) is 85.1 cm³/mol. The van der Waals surface area contributed by atoms with Gasteiger partial charge in [0.2, 0.25) is 0 Å². The molecular weight excluding hydrogens is 300 g/mol. The number of rotatable bonds is 5. The number of hydrogen-bond donors (Lipinski definition) is 0. The fourth-order valence-corrected chi connectivity index (χ4v) is 2.84. The summed E-state index contributed by atoms with van der Waals surface area (Å²) in [6.07, 6.45) is 1.98. The fourth-order valence-electron chi connectivity index (χ4n) is 2.84. The topological polar surface area (TPSA) is 81.9 Å². The highest BCUT2D eigenvalue weighted by Crippen LogP contribution is 2.35. The van der Waals surface area contributed by atoms with Crippen molar-refractivity contribution in [3.8, 4) is 11.5 Å². The van der Waals surface area contributed by atoms with Crippen LogP contribution in [-0.2, 0) is 0 Å². The van der Waals surface area contributed by atoms with Crippen molar-refractivity contribution in [2.45, 2.75) is 26.7 Å². The number of piperidine rings is 1. The Morgan fingerprint density at radius 3 is 2.74 bits per heavy atom. The van der Waals surface area contributed by atoms with Gasteiger partial charge in [0.1, 0.15) is 5.56 Å². The molecule has 7 heteroatoms. The Balaban J connectivity index is 2.43. The molecule has 0 bridgehead atoms. The molecule has 1 heterocycles. The molecule has 1 unspecified atom stereocenters. The second-order valence-electron chi connectivity index (χ2n) is 5.71. The van der Waals surface area contributed by atoms with E-state index in [-0.39, 0.29) is 22.9 Å². The monoisotopic (exact) mass is 322 g/mol. The van der Waals surface area contributed by atoms with Crippen LogP contribution < -0.4 is 9.47 Å². The van der Waals surface area contributed by atoms with E-state index in [4.69, 9.17) is 9.47 Å². The Morgan fingerprint density at radius 2 is 2.17 bits per heavy atom. The Bertz CT molecular complexity index is 602. The van der Waals surface area contributed by atoms with E-state index in [1.54, 1.807) is 11.8 Å². The van der Waals surface area contributed by atoms with Crippen LogP contribution in [0.5, 0.6) is 11.5 Å². The SMILES string of the molecule is CCOc1cc(C(=O)N2CCCC(C)C2)c([N+](=O)[O-])cc1OC. The fraction of sp³-hybridized carbons (Fsp3) is 0.562. The Hall–Kier alpha value is -2.31. The third-order valence-corrected chi connectivity index (χ3v) is 3.95. The predicted octanol–water partition coefficient (Wildman–Crippen LogP) is 2.87. The van der Waals surface area contributed by atoms with E-state index >= 15 is 0 Å². The molecule has 0 spiro atoms. The lowest BCUT2D eigenvalue weighted by molar-refractivity contribution is -0.385. The number of methoxy groups -OCH3 is 1. The van der Waals surface area contributed by atoms with Gasteiger partial charge in [-0.05, 0) is 25.7 Å². The number of nitro groups is 1. The molecule has 126 valence electrons. The highest BCUT2D eigenvalue weighted by Gasteiger charge is 2.30. The lowest BCUT2D eigenvalue weighted by Gasteiger charge is -2.31. The van der Waals surface area contributed by atoms with Crippen molar-refractivity contribution in [2.75, 3.05) is 26.8 Å². The molecule has 23 heavy (non-hydrogen) atoms. The highest BCUT2D eigenvalue weighted by molar-refractivity contribution is 5.99. The number of carbonyl (C=O) groups excluding carboxylic acids is 1. The molecule has 0 aliphatic carbocycles.